The molecule has 4 nitrogen and oxygen atoms in total. The summed E-state index contributed by atoms with van der Waals surface area (Å²) < 4.78 is 11.9. The van der Waals surface area contributed by atoms with Crippen molar-refractivity contribution in [2.45, 2.75) is 6.42 Å². The van der Waals surface area contributed by atoms with Gasteiger partial charge in [-0.2, -0.15) is 5.26 Å². The van der Waals surface area contributed by atoms with Gasteiger partial charge >= 0.3 is 0 Å². The number of nitrogens with zero attached hydrogens (tertiary/aromatic N) is 1. The molecule has 0 aliphatic rings. The topological polar surface area (TPSA) is 63.2 Å². The number of hydrogen-bond acceptors (Lipinski definition) is 4. The predicted octanol–water partition coefficient (Wildman–Crippen LogP) is 5.32. The number of para-hydroxylation sites is 2. The molecule has 0 aliphatic carbocycles. The van der Waals surface area contributed by atoms with Gasteiger partial charge in [-0.05, 0) is 42.0 Å². The fourth-order valence-electron chi connectivity index (χ4n) is 2.91. The lowest BCUT2D eigenvalue weighted by molar-refractivity contribution is 0.481. The van der Waals surface area contributed by atoms with Gasteiger partial charge in [-0.3, -0.25) is 4.79 Å². The predicted molar refractivity (Wildman–Crippen MR) is 104 cm³/mol. The number of benzene rings is 3. The molecule has 130 valence electrons. The zero-order valence-corrected chi connectivity index (χ0v) is 14.4. The first-order chi connectivity index (χ1) is 13.2. The van der Waals surface area contributed by atoms with Crippen LogP contribution in [0.2, 0.25) is 0 Å². The molecule has 0 N–H and O–H groups in total. The summed E-state index contributed by atoms with van der Waals surface area (Å²) in [4.78, 5) is 12.6. The molecular formula is C23H15NO3. The van der Waals surface area contributed by atoms with E-state index in [-0.39, 0.29) is 11.8 Å². The number of nitriles is 1. The summed E-state index contributed by atoms with van der Waals surface area (Å²) in [6, 6.07) is 25.7. The van der Waals surface area contributed by atoms with Gasteiger partial charge in [0.1, 0.15) is 22.8 Å². The van der Waals surface area contributed by atoms with E-state index in [4.69, 9.17) is 14.4 Å². The monoisotopic (exact) mass is 353 g/mol. The number of fused-ring (bicyclic) bond motifs is 1. The smallest absolute Gasteiger partial charge is 0.193 e. The maximum absolute atomic E-state index is 12.6. The third-order valence-electron chi connectivity index (χ3n) is 4.20. The third kappa shape index (κ3) is 3.44. The van der Waals surface area contributed by atoms with E-state index >= 15 is 0 Å². The van der Waals surface area contributed by atoms with Crippen LogP contribution in [0.15, 0.2) is 88.1 Å². The number of rotatable bonds is 4. The van der Waals surface area contributed by atoms with Crippen molar-refractivity contribution in [1.29, 1.82) is 5.26 Å². The summed E-state index contributed by atoms with van der Waals surface area (Å²) in [5.74, 6) is 1.74. The Bertz CT molecular complexity index is 1200. The van der Waals surface area contributed by atoms with Gasteiger partial charge < -0.3 is 9.15 Å². The molecule has 1 heterocycles. The second-order valence-electron chi connectivity index (χ2n) is 6.05. The lowest BCUT2D eigenvalue weighted by Gasteiger charge is -2.11. The van der Waals surface area contributed by atoms with Crippen LogP contribution in [0.5, 0.6) is 11.5 Å². The van der Waals surface area contributed by atoms with Gasteiger partial charge in [0.25, 0.3) is 0 Å². The summed E-state index contributed by atoms with van der Waals surface area (Å²) in [7, 11) is 0. The zero-order chi connectivity index (χ0) is 18.6. The van der Waals surface area contributed by atoms with Crippen molar-refractivity contribution in [3.05, 3.63) is 94.6 Å². The van der Waals surface area contributed by atoms with E-state index in [1.807, 2.05) is 54.6 Å². The average molecular weight is 353 g/mol. The van der Waals surface area contributed by atoms with Crippen LogP contribution >= 0.6 is 0 Å². The SMILES string of the molecule is N#CCc1ccc2oc(-c3ccccc3Oc3ccccc3)cc(=O)c2c1. The van der Waals surface area contributed by atoms with Crippen molar-refractivity contribution >= 4 is 11.0 Å². The Hall–Kier alpha value is -3.84. The normalized spacial score (nSPS) is 10.5. The van der Waals surface area contributed by atoms with Gasteiger partial charge in [0.15, 0.2) is 5.43 Å². The molecule has 0 spiro atoms. The highest BCUT2D eigenvalue weighted by Crippen LogP contribution is 2.33. The molecule has 0 amide bonds. The molecule has 0 aliphatic heterocycles. The molecule has 4 rings (SSSR count). The second kappa shape index (κ2) is 7.19. The minimum atomic E-state index is -0.152. The van der Waals surface area contributed by atoms with Crippen LogP contribution in [-0.4, -0.2) is 0 Å². The first kappa shape index (κ1) is 16.6. The minimum absolute atomic E-state index is 0.152. The van der Waals surface area contributed by atoms with Crippen LogP contribution in [0.1, 0.15) is 5.56 Å². The van der Waals surface area contributed by atoms with Crippen LogP contribution in [-0.2, 0) is 6.42 Å². The summed E-state index contributed by atoms with van der Waals surface area (Å²) in [5.41, 5.74) is 1.81. The van der Waals surface area contributed by atoms with Gasteiger partial charge in [0.05, 0.1) is 23.4 Å². The maximum Gasteiger partial charge on any atom is 0.193 e. The Balaban J connectivity index is 1.80. The van der Waals surface area contributed by atoms with Crippen LogP contribution in [0, 0.1) is 11.3 Å². The zero-order valence-electron chi connectivity index (χ0n) is 14.4. The molecule has 0 atom stereocenters. The first-order valence-electron chi connectivity index (χ1n) is 8.50. The highest BCUT2D eigenvalue weighted by molar-refractivity contribution is 5.80. The van der Waals surface area contributed by atoms with E-state index in [0.29, 0.717) is 33.8 Å². The Morgan fingerprint density at radius 2 is 1.70 bits per heavy atom. The molecule has 4 heteroatoms. The molecule has 0 saturated heterocycles. The molecule has 4 aromatic rings. The van der Waals surface area contributed by atoms with Crippen molar-refractivity contribution in [2.24, 2.45) is 0 Å². The lowest BCUT2D eigenvalue weighted by atomic mass is 10.1. The molecular weight excluding hydrogens is 338 g/mol. The van der Waals surface area contributed by atoms with Gasteiger partial charge in [-0.1, -0.05) is 36.4 Å². The molecule has 0 unspecified atom stereocenters. The lowest BCUT2D eigenvalue weighted by Crippen LogP contribution is -2.01. The second-order valence-corrected chi connectivity index (χ2v) is 6.05. The Morgan fingerprint density at radius 1 is 0.926 bits per heavy atom. The van der Waals surface area contributed by atoms with Crippen molar-refractivity contribution in [2.75, 3.05) is 0 Å². The van der Waals surface area contributed by atoms with Crippen LogP contribution < -0.4 is 10.2 Å². The van der Waals surface area contributed by atoms with E-state index in [2.05, 4.69) is 6.07 Å². The first-order valence-corrected chi connectivity index (χ1v) is 8.50. The number of hydrogen-bond donors (Lipinski definition) is 0. The Kier molecular flexibility index (Phi) is 4.42. The highest BCUT2D eigenvalue weighted by Gasteiger charge is 2.12. The van der Waals surface area contributed by atoms with Gasteiger partial charge in [0, 0.05) is 6.07 Å². The summed E-state index contributed by atoms with van der Waals surface area (Å²) in [5, 5.41) is 9.31. The molecule has 0 radical (unpaired) electrons. The number of ether oxygens (including phenoxy) is 1. The van der Waals surface area contributed by atoms with Crippen LogP contribution in [0.4, 0.5) is 0 Å². The van der Waals surface area contributed by atoms with Gasteiger partial charge in [-0.25, -0.2) is 0 Å². The van der Waals surface area contributed by atoms with E-state index in [1.165, 1.54) is 6.07 Å². The Labute approximate surface area is 155 Å². The van der Waals surface area contributed by atoms with Gasteiger partial charge in [0.2, 0.25) is 0 Å². The highest BCUT2D eigenvalue weighted by atomic mass is 16.5. The standard InChI is InChI=1S/C23H15NO3/c24-13-12-16-10-11-22-19(14-16)20(25)15-23(27-22)18-8-4-5-9-21(18)26-17-6-2-1-3-7-17/h1-11,14-15H,12H2. The van der Waals surface area contributed by atoms with E-state index in [9.17, 15) is 4.79 Å². The molecule has 3 aromatic carbocycles. The van der Waals surface area contributed by atoms with Crippen molar-refractivity contribution in [3.63, 3.8) is 0 Å². The molecule has 0 bridgehead atoms. The van der Waals surface area contributed by atoms with Crippen molar-refractivity contribution in [3.8, 4) is 28.9 Å². The quantitative estimate of drug-likeness (QED) is 0.498. The van der Waals surface area contributed by atoms with Crippen LogP contribution in [0.25, 0.3) is 22.3 Å². The largest absolute Gasteiger partial charge is 0.457 e. The molecule has 0 fully saturated rings. The van der Waals surface area contributed by atoms with Crippen molar-refractivity contribution < 1.29 is 9.15 Å². The van der Waals surface area contributed by atoms with E-state index in [1.54, 1.807) is 18.2 Å². The molecule has 1 aromatic heterocycles. The van der Waals surface area contributed by atoms with E-state index in [0.717, 1.165) is 5.56 Å². The molecule has 0 saturated carbocycles. The van der Waals surface area contributed by atoms with Crippen LogP contribution in [0.3, 0.4) is 0 Å². The van der Waals surface area contributed by atoms with Crippen molar-refractivity contribution in [1.82, 2.24) is 0 Å². The minimum Gasteiger partial charge on any atom is -0.457 e. The summed E-state index contributed by atoms with van der Waals surface area (Å²) in [6.45, 7) is 0. The van der Waals surface area contributed by atoms with E-state index < -0.39 is 0 Å². The summed E-state index contributed by atoms with van der Waals surface area (Å²) >= 11 is 0. The Morgan fingerprint density at radius 3 is 2.52 bits per heavy atom. The average Bonchev–Trinajstić information content (AvgIpc) is 2.70. The summed E-state index contributed by atoms with van der Waals surface area (Å²) in [6.07, 6.45) is 0.255. The maximum atomic E-state index is 12.6. The molecule has 27 heavy (non-hydrogen) atoms. The van der Waals surface area contributed by atoms with Gasteiger partial charge in [-0.15, -0.1) is 0 Å². The fraction of sp³-hybridized carbons (Fsp3) is 0.0435. The third-order valence-corrected chi connectivity index (χ3v) is 4.20. The fourth-order valence-corrected chi connectivity index (χ4v) is 2.91.